The van der Waals surface area contributed by atoms with Gasteiger partial charge in [-0.25, -0.2) is 13.1 Å². The van der Waals surface area contributed by atoms with Gasteiger partial charge in [0.05, 0.1) is 4.90 Å². The highest BCUT2D eigenvalue weighted by atomic mass is 32.2. The lowest BCUT2D eigenvalue weighted by Crippen LogP contribution is -2.40. The molecule has 2 aliphatic rings. The second-order valence-electron chi connectivity index (χ2n) is 8.28. The van der Waals surface area contributed by atoms with Crippen LogP contribution in [0.1, 0.15) is 49.7 Å². The lowest BCUT2D eigenvalue weighted by molar-refractivity contribution is -0.116. The monoisotopic (exact) mass is 444 g/mol. The average molecular weight is 445 g/mol. The number of ether oxygens (including phenoxy) is 2. The Balaban J connectivity index is 1.31. The number of carbonyl (C=O) groups is 1. The molecule has 0 atom stereocenters. The lowest BCUT2D eigenvalue weighted by Gasteiger charge is -2.31. The van der Waals surface area contributed by atoms with Gasteiger partial charge in [-0.15, -0.1) is 0 Å². The smallest absolute Gasteiger partial charge is 0.251 e. The van der Waals surface area contributed by atoms with Crippen molar-refractivity contribution in [1.29, 1.82) is 0 Å². The summed E-state index contributed by atoms with van der Waals surface area (Å²) in [6, 6.07) is 10.3. The minimum absolute atomic E-state index is 0.00868. The Kier molecular flexibility index (Phi) is 5.94. The minimum atomic E-state index is -3.66. The highest BCUT2D eigenvalue weighted by Gasteiger charge is 2.42. The van der Waals surface area contributed by atoms with Gasteiger partial charge in [0.1, 0.15) is 0 Å². The third-order valence-electron chi connectivity index (χ3n) is 5.87. The molecule has 7 nitrogen and oxygen atoms in total. The van der Waals surface area contributed by atoms with Crippen LogP contribution in [0.5, 0.6) is 11.5 Å². The molecular formula is C23H28N2O5S. The number of nitrogens with one attached hydrogen (secondary N) is 2. The Morgan fingerprint density at radius 3 is 2.45 bits per heavy atom. The topological polar surface area (TPSA) is 93.7 Å². The third kappa shape index (κ3) is 4.85. The Bertz CT molecular complexity index is 1090. The van der Waals surface area contributed by atoms with Gasteiger partial charge >= 0.3 is 0 Å². The fraction of sp³-hybridized carbons (Fsp3) is 0.435. The van der Waals surface area contributed by atoms with Gasteiger partial charge in [-0.1, -0.05) is 12.5 Å². The molecule has 8 heteroatoms. The summed E-state index contributed by atoms with van der Waals surface area (Å²) in [6.45, 7) is 3.80. The number of amides is 1. The van der Waals surface area contributed by atoms with Gasteiger partial charge in [-0.2, -0.15) is 0 Å². The minimum Gasteiger partial charge on any atom is -0.448 e. The summed E-state index contributed by atoms with van der Waals surface area (Å²) in [6.07, 6.45) is 5.10. The summed E-state index contributed by atoms with van der Waals surface area (Å²) >= 11 is 0. The molecule has 1 aliphatic carbocycles. The molecule has 166 valence electrons. The van der Waals surface area contributed by atoms with E-state index in [1.807, 2.05) is 13.8 Å². The number of hydrogen-bond acceptors (Lipinski definition) is 5. The number of anilines is 1. The number of rotatable bonds is 6. The number of benzene rings is 2. The van der Waals surface area contributed by atoms with Crippen LogP contribution in [0.15, 0.2) is 41.3 Å². The molecule has 1 fully saturated rings. The van der Waals surface area contributed by atoms with Gasteiger partial charge in [-0.05, 0) is 62.1 Å². The van der Waals surface area contributed by atoms with E-state index in [1.165, 1.54) is 6.42 Å². The molecule has 2 aromatic carbocycles. The number of carbonyl (C=O) groups excluding carboxylic acids is 1. The fourth-order valence-electron chi connectivity index (χ4n) is 3.95. The molecule has 2 N–H and O–H groups in total. The zero-order valence-corrected chi connectivity index (χ0v) is 18.7. The largest absolute Gasteiger partial charge is 0.448 e. The molecule has 1 amide bonds. The highest BCUT2D eigenvalue weighted by molar-refractivity contribution is 7.89. The first-order valence-electron chi connectivity index (χ1n) is 10.7. The van der Waals surface area contributed by atoms with E-state index in [0.717, 1.165) is 36.8 Å². The molecule has 31 heavy (non-hydrogen) atoms. The van der Waals surface area contributed by atoms with Crippen molar-refractivity contribution in [2.24, 2.45) is 0 Å². The second kappa shape index (κ2) is 8.51. The van der Waals surface area contributed by atoms with Gasteiger partial charge in [0, 0.05) is 37.6 Å². The Hall–Kier alpha value is -2.58. The first-order valence-corrected chi connectivity index (χ1v) is 12.1. The number of hydrogen-bond donors (Lipinski definition) is 2. The van der Waals surface area contributed by atoms with Crippen LogP contribution in [0.2, 0.25) is 0 Å². The van der Waals surface area contributed by atoms with Crippen LogP contribution >= 0.6 is 0 Å². The number of sulfonamides is 1. The summed E-state index contributed by atoms with van der Waals surface area (Å²) in [7, 11) is -3.66. The van der Waals surface area contributed by atoms with Crippen LogP contribution in [0, 0.1) is 13.8 Å². The maximum Gasteiger partial charge on any atom is 0.251 e. The molecule has 0 aromatic heterocycles. The summed E-state index contributed by atoms with van der Waals surface area (Å²) in [5.41, 5.74) is 2.52. The third-order valence-corrected chi connectivity index (χ3v) is 7.33. The Morgan fingerprint density at radius 2 is 1.71 bits per heavy atom. The summed E-state index contributed by atoms with van der Waals surface area (Å²) in [5.74, 6) is 0.487. The van der Waals surface area contributed by atoms with Gasteiger partial charge in [-0.3, -0.25) is 4.79 Å². The van der Waals surface area contributed by atoms with Crippen LogP contribution in [-0.4, -0.2) is 26.7 Å². The van der Waals surface area contributed by atoms with Crippen molar-refractivity contribution in [2.45, 2.75) is 63.1 Å². The molecule has 1 heterocycles. The van der Waals surface area contributed by atoms with E-state index in [-0.39, 0.29) is 23.8 Å². The van der Waals surface area contributed by atoms with E-state index in [1.54, 1.807) is 36.4 Å². The van der Waals surface area contributed by atoms with E-state index in [9.17, 15) is 13.2 Å². The van der Waals surface area contributed by atoms with Crippen molar-refractivity contribution in [1.82, 2.24) is 4.72 Å². The predicted octanol–water partition coefficient (Wildman–Crippen LogP) is 4.04. The first-order chi connectivity index (χ1) is 14.8. The number of aryl methyl sites for hydroxylation is 2. The van der Waals surface area contributed by atoms with Crippen molar-refractivity contribution < 1.29 is 22.7 Å². The molecule has 1 spiro atoms. The highest BCUT2D eigenvalue weighted by Crippen LogP contribution is 2.46. The SMILES string of the molecule is Cc1ccc(S(=O)(=O)NCCC(=O)Nc2ccc3c(c2)OC2(CCCCC2)O3)cc1C. The molecular weight excluding hydrogens is 416 g/mol. The molecule has 2 aromatic rings. The fourth-order valence-corrected chi connectivity index (χ4v) is 5.07. The normalized spacial score (nSPS) is 17.0. The van der Waals surface area contributed by atoms with Crippen molar-refractivity contribution >= 4 is 21.6 Å². The second-order valence-corrected chi connectivity index (χ2v) is 10.0. The maximum atomic E-state index is 12.4. The summed E-state index contributed by atoms with van der Waals surface area (Å²) in [5, 5.41) is 2.80. The van der Waals surface area contributed by atoms with E-state index in [0.29, 0.717) is 17.2 Å². The zero-order valence-electron chi connectivity index (χ0n) is 17.9. The van der Waals surface area contributed by atoms with E-state index >= 15 is 0 Å². The van der Waals surface area contributed by atoms with E-state index in [2.05, 4.69) is 10.0 Å². The standard InChI is InChI=1S/C23H28N2O5S/c1-16-6-8-19(14-17(16)2)31(27,28)24-13-10-22(26)25-18-7-9-20-21(15-18)30-23(29-20)11-4-3-5-12-23/h6-9,14-15,24H,3-5,10-13H2,1-2H3,(H,25,26). The van der Waals surface area contributed by atoms with Crippen molar-refractivity contribution in [3.63, 3.8) is 0 Å². The van der Waals surface area contributed by atoms with E-state index in [4.69, 9.17) is 9.47 Å². The molecule has 0 unspecified atom stereocenters. The Morgan fingerprint density at radius 1 is 0.968 bits per heavy atom. The zero-order chi connectivity index (χ0) is 22.1. The molecule has 1 saturated carbocycles. The summed E-state index contributed by atoms with van der Waals surface area (Å²) in [4.78, 5) is 12.5. The van der Waals surface area contributed by atoms with Crippen LogP contribution in [0.4, 0.5) is 5.69 Å². The van der Waals surface area contributed by atoms with Crippen LogP contribution < -0.4 is 19.5 Å². The predicted molar refractivity (Wildman–Crippen MR) is 118 cm³/mol. The van der Waals surface area contributed by atoms with Gasteiger partial charge < -0.3 is 14.8 Å². The molecule has 0 saturated heterocycles. The van der Waals surface area contributed by atoms with Crippen molar-refractivity contribution in [3.8, 4) is 11.5 Å². The quantitative estimate of drug-likeness (QED) is 0.701. The molecule has 4 rings (SSSR count). The first kappa shape index (κ1) is 21.6. The van der Waals surface area contributed by atoms with Gasteiger partial charge in [0.2, 0.25) is 15.9 Å². The number of fused-ring (bicyclic) bond motifs is 1. The van der Waals surface area contributed by atoms with Crippen LogP contribution in [-0.2, 0) is 14.8 Å². The van der Waals surface area contributed by atoms with Crippen molar-refractivity contribution in [2.75, 3.05) is 11.9 Å². The Labute approximate surface area is 183 Å². The van der Waals surface area contributed by atoms with Gasteiger partial charge in [0.25, 0.3) is 5.79 Å². The molecule has 0 radical (unpaired) electrons. The molecule has 1 aliphatic heterocycles. The van der Waals surface area contributed by atoms with E-state index < -0.39 is 15.8 Å². The summed E-state index contributed by atoms with van der Waals surface area (Å²) < 4.78 is 39.5. The lowest BCUT2D eigenvalue weighted by atomic mass is 9.94. The van der Waals surface area contributed by atoms with Crippen molar-refractivity contribution in [3.05, 3.63) is 47.5 Å². The molecule has 0 bridgehead atoms. The average Bonchev–Trinajstić information content (AvgIpc) is 3.06. The van der Waals surface area contributed by atoms with Crippen LogP contribution in [0.25, 0.3) is 0 Å². The van der Waals surface area contributed by atoms with Gasteiger partial charge in [0.15, 0.2) is 11.5 Å². The maximum absolute atomic E-state index is 12.4. The van der Waals surface area contributed by atoms with Crippen LogP contribution in [0.3, 0.4) is 0 Å².